The Morgan fingerprint density at radius 2 is 1.50 bits per heavy atom. The second-order valence-electron chi connectivity index (χ2n) is 3.29. The van der Waals surface area contributed by atoms with Gasteiger partial charge in [-0.2, -0.15) is 4.89 Å². The zero-order chi connectivity index (χ0) is 11.4. The molecule has 1 unspecified atom stereocenters. The summed E-state index contributed by atoms with van der Waals surface area (Å²) in [6, 6.07) is 0. The van der Waals surface area contributed by atoms with Gasteiger partial charge in [-0.3, -0.25) is 0 Å². The number of hydrogen-bond acceptors (Lipinski definition) is 11. The molecule has 16 heavy (non-hydrogen) atoms. The zero-order valence-electron chi connectivity index (χ0n) is 6.96. The molecule has 0 saturated carbocycles. The third-order valence-electron chi connectivity index (χ3n) is 2.26. The van der Waals surface area contributed by atoms with Crippen LogP contribution in [0.5, 0.6) is 0 Å². The highest BCUT2D eigenvalue weighted by Gasteiger charge is 2.95. The largest absolute Gasteiger partial charge is 0.511 e. The average molecular weight is 276 g/mol. The molecule has 6 saturated heterocycles. The molecule has 0 aromatic rings. The van der Waals surface area contributed by atoms with Crippen molar-refractivity contribution in [3.63, 3.8) is 0 Å². The first-order valence-corrected chi connectivity index (χ1v) is 6.72. The number of phosphoric acid groups is 2. The first kappa shape index (κ1) is 10.1. The summed E-state index contributed by atoms with van der Waals surface area (Å²) < 4.78 is 48.5. The van der Waals surface area contributed by atoms with E-state index in [4.69, 9.17) is 0 Å². The predicted molar refractivity (Wildman–Crippen MR) is 35.4 cm³/mol. The summed E-state index contributed by atoms with van der Waals surface area (Å²) in [5.74, 6) is -8.29. The molecule has 0 radical (unpaired) electrons. The van der Waals surface area contributed by atoms with Crippen molar-refractivity contribution < 1.29 is 51.5 Å². The number of phosphoric ester groups is 2. The molecule has 6 heterocycles. The van der Waals surface area contributed by atoms with Crippen molar-refractivity contribution in [3.05, 3.63) is 0 Å². The van der Waals surface area contributed by atoms with Gasteiger partial charge in [0.25, 0.3) is 0 Å². The van der Waals surface area contributed by atoms with Crippen LogP contribution < -0.4 is 0 Å². The smallest absolute Gasteiger partial charge is 0.352 e. The minimum Gasteiger partial charge on any atom is -0.352 e. The predicted octanol–water partition coefficient (Wildman–Crippen LogP) is -0.723. The topological polar surface area (TPSA) is 139 Å². The van der Waals surface area contributed by atoms with Gasteiger partial charge in [0.05, 0.1) is 0 Å². The molecule has 2 N–H and O–H groups in total. The van der Waals surface area contributed by atoms with E-state index >= 15 is 0 Å². The molecule has 6 rings (SSSR count). The normalized spacial score (nSPS) is 71.1. The molecule has 90 valence electrons. The van der Waals surface area contributed by atoms with Gasteiger partial charge >= 0.3 is 33.4 Å². The van der Waals surface area contributed by atoms with Crippen molar-refractivity contribution in [1.82, 2.24) is 0 Å². The van der Waals surface area contributed by atoms with Gasteiger partial charge in [-0.15, -0.1) is 4.67 Å². The number of rotatable bonds is 1. The minimum absolute atomic E-state index is 2.56. The van der Waals surface area contributed by atoms with E-state index in [2.05, 4.69) is 32.2 Å². The van der Waals surface area contributed by atoms with Crippen LogP contribution in [0.4, 0.5) is 0 Å². The van der Waals surface area contributed by atoms with E-state index in [1.165, 1.54) is 0 Å². The van der Waals surface area contributed by atoms with Crippen LogP contribution in [0.15, 0.2) is 0 Å². The lowest BCUT2D eigenvalue weighted by molar-refractivity contribution is -0.524. The molecule has 11 nitrogen and oxygen atoms in total. The maximum atomic E-state index is 11.2. The number of hydrogen-bond donors (Lipinski definition) is 2. The van der Waals surface area contributed by atoms with Crippen molar-refractivity contribution in [2.24, 2.45) is 0 Å². The van der Waals surface area contributed by atoms with Gasteiger partial charge in [-0.1, -0.05) is 0 Å². The Morgan fingerprint density at radius 1 is 0.875 bits per heavy atom. The van der Waals surface area contributed by atoms with Crippen LogP contribution in [0.1, 0.15) is 0 Å². The van der Waals surface area contributed by atoms with Gasteiger partial charge < -0.3 is 10.2 Å². The Kier molecular flexibility index (Phi) is 1.37. The average Bonchev–Trinajstić information content (AvgIpc) is 2.64. The highest BCUT2D eigenvalue weighted by molar-refractivity contribution is 7.50. The SMILES string of the molecule is O=P12OOC(C3(O)OP4(=O)OC3(O)O4)(O1)O2. The Labute approximate surface area is 85.9 Å². The maximum Gasteiger partial charge on any atom is 0.511 e. The molecule has 6 aliphatic rings. The molecule has 4 bridgehead atoms. The first-order valence-electron chi connectivity index (χ1n) is 3.80. The molecular formula is C3H2O11P2. The molecular weight excluding hydrogens is 274 g/mol. The molecule has 0 spiro atoms. The zero-order valence-corrected chi connectivity index (χ0v) is 8.75. The first-order chi connectivity index (χ1) is 7.24. The van der Waals surface area contributed by atoms with Gasteiger partial charge in [0, 0.05) is 0 Å². The van der Waals surface area contributed by atoms with Gasteiger partial charge in [0.15, 0.2) is 0 Å². The molecule has 6 aliphatic heterocycles. The van der Waals surface area contributed by atoms with Crippen LogP contribution in [-0.4, -0.2) is 27.9 Å². The number of aliphatic hydroxyl groups is 2. The van der Waals surface area contributed by atoms with Crippen LogP contribution in [0.25, 0.3) is 0 Å². The van der Waals surface area contributed by atoms with Gasteiger partial charge in [0.1, 0.15) is 0 Å². The van der Waals surface area contributed by atoms with Gasteiger partial charge in [-0.25, -0.2) is 31.7 Å². The molecule has 0 aromatic heterocycles. The van der Waals surface area contributed by atoms with Crippen molar-refractivity contribution in [2.45, 2.75) is 17.7 Å². The van der Waals surface area contributed by atoms with E-state index in [-0.39, 0.29) is 0 Å². The molecule has 0 aliphatic carbocycles. The second-order valence-corrected chi connectivity index (χ2v) is 6.14. The molecule has 6 fully saturated rings. The lowest BCUT2D eigenvalue weighted by Crippen LogP contribution is -2.69. The Hall–Kier alpha value is 0.1000. The highest BCUT2D eigenvalue weighted by atomic mass is 31.2. The highest BCUT2D eigenvalue weighted by Crippen LogP contribution is 2.84. The standard InChI is InChI=1S/C3H2O11P2/c4-1(2(5)10-15(6,9-1)11-2)3-8-14-16(7,12-3)13-3/h4-5H. The van der Waals surface area contributed by atoms with Gasteiger partial charge in [0.2, 0.25) is 0 Å². The summed E-state index contributed by atoms with van der Waals surface area (Å²) in [5.41, 5.74) is 0. The Morgan fingerprint density at radius 3 is 1.88 bits per heavy atom. The third kappa shape index (κ3) is 0.797. The van der Waals surface area contributed by atoms with E-state index < -0.39 is 33.4 Å². The molecule has 1 atom stereocenters. The second kappa shape index (κ2) is 2.18. The Bertz CT molecular complexity index is 477. The van der Waals surface area contributed by atoms with E-state index in [1.54, 1.807) is 0 Å². The lowest BCUT2D eigenvalue weighted by atomic mass is 10.2. The van der Waals surface area contributed by atoms with Crippen molar-refractivity contribution in [3.8, 4) is 0 Å². The molecule has 0 amide bonds. The van der Waals surface area contributed by atoms with E-state index in [0.717, 1.165) is 0 Å². The van der Waals surface area contributed by atoms with Crippen LogP contribution in [0, 0.1) is 0 Å². The van der Waals surface area contributed by atoms with Gasteiger partial charge in [-0.05, 0) is 0 Å². The number of fused-ring (bicyclic) bond motifs is 2. The van der Waals surface area contributed by atoms with Crippen molar-refractivity contribution in [1.29, 1.82) is 0 Å². The Balaban J connectivity index is 1.80. The van der Waals surface area contributed by atoms with E-state index in [0.29, 0.717) is 0 Å². The summed E-state index contributed by atoms with van der Waals surface area (Å²) in [6.45, 7) is 0. The van der Waals surface area contributed by atoms with Crippen LogP contribution in [0.2, 0.25) is 0 Å². The van der Waals surface area contributed by atoms with E-state index in [9.17, 15) is 19.3 Å². The van der Waals surface area contributed by atoms with Crippen molar-refractivity contribution >= 4 is 15.6 Å². The lowest BCUT2D eigenvalue weighted by Gasteiger charge is -2.41. The fraction of sp³-hybridized carbons (Fsp3) is 1.00. The summed E-state index contributed by atoms with van der Waals surface area (Å²) in [4.78, 5) is 4.29. The molecule has 13 heteroatoms. The quantitative estimate of drug-likeness (QED) is 0.462. The van der Waals surface area contributed by atoms with Crippen molar-refractivity contribution in [2.75, 3.05) is 0 Å². The van der Waals surface area contributed by atoms with Crippen LogP contribution in [0.3, 0.4) is 0 Å². The summed E-state index contributed by atoms with van der Waals surface area (Å²) in [5, 5.41) is 19.4. The maximum absolute atomic E-state index is 11.2. The summed E-state index contributed by atoms with van der Waals surface area (Å²) in [7, 11) is -7.96. The summed E-state index contributed by atoms with van der Waals surface area (Å²) in [6.07, 6.45) is 0. The molecule has 0 aromatic carbocycles. The monoisotopic (exact) mass is 276 g/mol. The van der Waals surface area contributed by atoms with Crippen LogP contribution in [-0.2, 0) is 41.3 Å². The summed E-state index contributed by atoms with van der Waals surface area (Å²) >= 11 is 0. The third-order valence-corrected chi connectivity index (χ3v) is 4.88. The fourth-order valence-corrected chi connectivity index (χ4v) is 4.23. The fourth-order valence-electron chi connectivity index (χ4n) is 1.58. The van der Waals surface area contributed by atoms with E-state index in [1.807, 2.05) is 0 Å². The van der Waals surface area contributed by atoms with Crippen LogP contribution >= 0.6 is 15.6 Å². The minimum atomic E-state index is -4.06.